The molecule has 4 nitrogen and oxygen atoms in total. The van der Waals surface area contributed by atoms with Gasteiger partial charge in [0.1, 0.15) is 11.5 Å². The molecule has 116 valence electrons. The van der Waals surface area contributed by atoms with Crippen molar-refractivity contribution in [1.29, 1.82) is 0 Å². The van der Waals surface area contributed by atoms with E-state index >= 15 is 0 Å². The van der Waals surface area contributed by atoms with E-state index in [9.17, 15) is 4.79 Å². The van der Waals surface area contributed by atoms with Crippen molar-refractivity contribution in [3.63, 3.8) is 0 Å². The second-order valence-corrected chi connectivity index (χ2v) is 6.19. The number of ether oxygens (including phenoxy) is 2. The lowest BCUT2D eigenvalue weighted by molar-refractivity contribution is 0.0739. The highest BCUT2D eigenvalue weighted by Gasteiger charge is 2.33. The number of carbonyl (C=O) groups is 1. The topological polar surface area (TPSA) is 38.8 Å². The summed E-state index contributed by atoms with van der Waals surface area (Å²) < 4.78 is 10.8. The number of benzene rings is 1. The van der Waals surface area contributed by atoms with Gasteiger partial charge in [0.2, 0.25) is 0 Å². The first-order valence-electron chi connectivity index (χ1n) is 7.31. The monoisotopic (exact) mass is 317 g/mol. The number of rotatable bonds is 4. The van der Waals surface area contributed by atoms with Gasteiger partial charge in [0.15, 0.2) is 0 Å². The van der Waals surface area contributed by atoms with Gasteiger partial charge in [-0.25, -0.2) is 0 Å². The van der Waals surface area contributed by atoms with E-state index in [0.29, 0.717) is 0 Å². The lowest BCUT2D eigenvalue weighted by Gasteiger charge is -2.26. The van der Waals surface area contributed by atoms with Gasteiger partial charge >= 0.3 is 0 Å². The Bertz CT molecular complexity index is 654. The minimum atomic E-state index is 0.0413. The molecule has 1 atom stereocenters. The second-order valence-electron chi connectivity index (χ2n) is 5.24. The van der Waals surface area contributed by atoms with Crippen molar-refractivity contribution in [3.05, 3.63) is 46.2 Å². The first kappa shape index (κ1) is 14.9. The van der Waals surface area contributed by atoms with Crippen LogP contribution in [0.3, 0.4) is 0 Å². The van der Waals surface area contributed by atoms with Crippen molar-refractivity contribution in [2.75, 3.05) is 20.8 Å². The second kappa shape index (κ2) is 6.40. The first-order chi connectivity index (χ1) is 10.7. The highest BCUT2D eigenvalue weighted by molar-refractivity contribution is 7.12. The van der Waals surface area contributed by atoms with Crippen molar-refractivity contribution in [2.45, 2.75) is 18.9 Å². The number of hydrogen-bond donors (Lipinski definition) is 0. The normalized spacial score (nSPS) is 17.5. The Morgan fingerprint density at radius 3 is 2.82 bits per heavy atom. The summed E-state index contributed by atoms with van der Waals surface area (Å²) in [5.41, 5.74) is 1.02. The Labute approximate surface area is 134 Å². The molecule has 1 aromatic heterocycles. The van der Waals surface area contributed by atoms with Crippen LogP contribution in [0.5, 0.6) is 11.5 Å². The lowest BCUT2D eigenvalue weighted by atomic mass is 10.0. The minimum absolute atomic E-state index is 0.0413. The molecule has 0 spiro atoms. The van der Waals surface area contributed by atoms with E-state index in [1.54, 1.807) is 14.2 Å². The molecule has 1 saturated heterocycles. The van der Waals surface area contributed by atoms with Crippen LogP contribution in [0.1, 0.15) is 34.1 Å². The van der Waals surface area contributed by atoms with Gasteiger partial charge in [-0.1, -0.05) is 6.07 Å². The molecule has 0 radical (unpaired) electrons. The zero-order valence-electron chi connectivity index (χ0n) is 12.7. The van der Waals surface area contributed by atoms with Crippen molar-refractivity contribution in [1.82, 2.24) is 4.90 Å². The molecule has 1 fully saturated rings. The number of amides is 1. The molecule has 5 heteroatoms. The number of likely N-dealkylation sites (tertiary alicyclic amines) is 1. The van der Waals surface area contributed by atoms with E-state index in [1.807, 2.05) is 40.6 Å². The SMILES string of the molecule is COc1ccc(OC)c([C@H]2CCCN2C(=O)c2cccs2)c1. The van der Waals surface area contributed by atoms with E-state index in [-0.39, 0.29) is 11.9 Å². The van der Waals surface area contributed by atoms with Crippen molar-refractivity contribution >= 4 is 17.2 Å². The van der Waals surface area contributed by atoms with Crippen LogP contribution >= 0.6 is 11.3 Å². The van der Waals surface area contributed by atoms with Gasteiger partial charge in [-0.2, -0.15) is 0 Å². The van der Waals surface area contributed by atoms with Crippen LogP contribution < -0.4 is 9.47 Å². The fraction of sp³-hybridized carbons (Fsp3) is 0.353. The largest absolute Gasteiger partial charge is 0.497 e. The van der Waals surface area contributed by atoms with E-state index in [2.05, 4.69) is 0 Å². The van der Waals surface area contributed by atoms with E-state index in [0.717, 1.165) is 41.3 Å². The summed E-state index contributed by atoms with van der Waals surface area (Å²) in [5, 5.41) is 1.93. The van der Waals surface area contributed by atoms with Crippen LogP contribution in [-0.2, 0) is 0 Å². The van der Waals surface area contributed by atoms with Gasteiger partial charge in [0.05, 0.1) is 25.1 Å². The summed E-state index contributed by atoms with van der Waals surface area (Å²) in [6.07, 6.45) is 1.95. The van der Waals surface area contributed by atoms with Gasteiger partial charge in [-0.05, 0) is 42.5 Å². The molecule has 3 rings (SSSR count). The summed E-state index contributed by atoms with van der Waals surface area (Å²) >= 11 is 1.49. The molecule has 1 amide bonds. The van der Waals surface area contributed by atoms with E-state index in [4.69, 9.17) is 9.47 Å². The maximum Gasteiger partial charge on any atom is 0.264 e. The Balaban J connectivity index is 1.94. The van der Waals surface area contributed by atoms with Crippen molar-refractivity contribution in [2.24, 2.45) is 0 Å². The third-order valence-electron chi connectivity index (χ3n) is 4.04. The molecule has 1 aliphatic rings. The molecular formula is C17H19NO3S. The van der Waals surface area contributed by atoms with Crippen LogP contribution in [0.25, 0.3) is 0 Å². The molecule has 22 heavy (non-hydrogen) atoms. The van der Waals surface area contributed by atoms with Gasteiger partial charge in [0.25, 0.3) is 5.91 Å². The number of carbonyl (C=O) groups excluding carboxylic acids is 1. The molecule has 2 aromatic rings. The summed E-state index contributed by atoms with van der Waals surface area (Å²) in [7, 11) is 3.31. The fourth-order valence-corrected chi connectivity index (χ4v) is 3.65. The van der Waals surface area contributed by atoms with Gasteiger partial charge < -0.3 is 14.4 Å². The number of nitrogens with zero attached hydrogens (tertiary/aromatic N) is 1. The zero-order chi connectivity index (χ0) is 15.5. The third-order valence-corrected chi connectivity index (χ3v) is 4.90. The van der Waals surface area contributed by atoms with Crippen LogP contribution in [0.2, 0.25) is 0 Å². The van der Waals surface area contributed by atoms with Gasteiger partial charge in [-0.15, -0.1) is 11.3 Å². The summed E-state index contributed by atoms with van der Waals surface area (Å²) in [6, 6.07) is 9.59. The van der Waals surface area contributed by atoms with E-state index in [1.165, 1.54) is 11.3 Å². The molecular weight excluding hydrogens is 298 g/mol. The quantitative estimate of drug-likeness (QED) is 0.862. The summed E-state index contributed by atoms with van der Waals surface area (Å²) in [5.74, 6) is 1.69. The Morgan fingerprint density at radius 2 is 2.14 bits per heavy atom. The van der Waals surface area contributed by atoms with Gasteiger partial charge in [0, 0.05) is 12.1 Å². The lowest BCUT2D eigenvalue weighted by Crippen LogP contribution is -2.30. The molecule has 0 aliphatic carbocycles. The zero-order valence-corrected chi connectivity index (χ0v) is 13.6. The predicted octanol–water partition coefficient (Wildman–Crippen LogP) is 3.74. The van der Waals surface area contributed by atoms with Crippen LogP contribution in [0.4, 0.5) is 0 Å². The molecule has 0 bridgehead atoms. The average molecular weight is 317 g/mol. The van der Waals surface area contributed by atoms with Crippen molar-refractivity contribution < 1.29 is 14.3 Å². The minimum Gasteiger partial charge on any atom is -0.497 e. The Kier molecular flexibility index (Phi) is 4.34. The number of methoxy groups -OCH3 is 2. The van der Waals surface area contributed by atoms with Crippen LogP contribution in [0.15, 0.2) is 35.7 Å². The summed E-state index contributed by atoms with van der Waals surface area (Å²) in [6.45, 7) is 0.780. The highest BCUT2D eigenvalue weighted by atomic mass is 32.1. The predicted molar refractivity (Wildman–Crippen MR) is 86.9 cm³/mol. The molecule has 0 saturated carbocycles. The molecule has 1 aliphatic heterocycles. The molecule has 0 N–H and O–H groups in total. The van der Waals surface area contributed by atoms with Crippen LogP contribution in [0, 0.1) is 0 Å². The smallest absolute Gasteiger partial charge is 0.264 e. The number of hydrogen-bond acceptors (Lipinski definition) is 4. The third kappa shape index (κ3) is 2.68. The highest BCUT2D eigenvalue weighted by Crippen LogP contribution is 2.39. The molecule has 0 unspecified atom stereocenters. The Morgan fingerprint density at radius 1 is 1.27 bits per heavy atom. The van der Waals surface area contributed by atoms with E-state index < -0.39 is 0 Å². The van der Waals surface area contributed by atoms with Gasteiger partial charge in [-0.3, -0.25) is 4.79 Å². The maximum absolute atomic E-state index is 12.7. The first-order valence-corrected chi connectivity index (χ1v) is 8.19. The standard InChI is InChI=1S/C17H19NO3S/c1-20-12-7-8-15(21-2)13(11-12)14-5-3-9-18(14)17(19)16-6-4-10-22-16/h4,6-8,10-11,14H,3,5,9H2,1-2H3/t14-/m1/s1. The van der Waals surface area contributed by atoms with Crippen molar-refractivity contribution in [3.8, 4) is 11.5 Å². The summed E-state index contributed by atoms with van der Waals surface area (Å²) in [4.78, 5) is 15.4. The average Bonchev–Trinajstić information content (AvgIpc) is 3.24. The maximum atomic E-state index is 12.7. The number of thiophene rings is 1. The fourth-order valence-electron chi connectivity index (χ4n) is 2.97. The van der Waals surface area contributed by atoms with Crippen LogP contribution in [-0.4, -0.2) is 31.6 Å². The molecule has 1 aromatic carbocycles. The molecule has 2 heterocycles. The Hall–Kier alpha value is -2.01.